The second-order valence-corrected chi connectivity index (χ2v) is 24.9. The zero-order valence-electron chi connectivity index (χ0n) is 51.0. The second kappa shape index (κ2) is 57.9. The Labute approximate surface area is 471 Å². The molecule has 0 aliphatic rings. The van der Waals surface area contributed by atoms with Crippen molar-refractivity contribution in [1.29, 1.82) is 0 Å². The Hall–Kier alpha value is -1.77. The van der Waals surface area contributed by atoms with Gasteiger partial charge in [-0.3, -0.25) is 18.6 Å². The van der Waals surface area contributed by atoms with Crippen LogP contribution in [-0.2, 0) is 32.7 Å². The molecule has 76 heavy (non-hydrogen) atoms. The van der Waals surface area contributed by atoms with Crippen LogP contribution in [0.25, 0.3) is 0 Å². The molecule has 448 valence electrons. The number of phosphoric acid groups is 1. The molecule has 2 unspecified atom stereocenters. The molecule has 0 rings (SSSR count). The van der Waals surface area contributed by atoms with Crippen molar-refractivity contribution in [2.45, 2.75) is 328 Å². The van der Waals surface area contributed by atoms with Gasteiger partial charge in [0.05, 0.1) is 27.7 Å². The van der Waals surface area contributed by atoms with Crippen molar-refractivity contribution in [3.05, 3.63) is 36.5 Å². The van der Waals surface area contributed by atoms with Crippen LogP contribution in [0.15, 0.2) is 36.5 Å². The van der Waals surface area contributed by atoms with Crippen LogP contribution in [0.3, 0.4) is 0 Å². The van der Waals surface area contributed by atoms with Crippen molar-refractivity contribution in [2.24, 2.45) is 0 Å². The maximum atomic E-state index is 12.8. The van der Waals surface area contributed by atoms with Crippen LogP contribution in [0.1, 0.15) is 322 Å². The number of rotatable bonds is 61. The van der Waals surface area contributed by atoms with E-state index >= 15 is 0 Å². The number of unbranched alkanes of at least 4 members (excludes halogenated alkanes) is 41. The fraction of sp³-hybridized carbons (Fsp3) is 0.879. The van der Waals surface area contributed by atoms with Crippen molar-refractivity contribution in [3.63, 3.8) is 0 Å². The number of nitrogens with zero attached hydrogens (tertiary/aromatic N) is 1. The highest BCUT2D eigenvalue weighted by Crippen LogP contribution is 2.43. The number of quaternary nitrogens is 1. The van der Waals surface area contributed by atoms with E-state index in [2.05, 4.69) is 50.3 Å². The molecule has 0 aliphatic carbocycles. The number of likely N-dealkylation sites (N-methyl/N-ethyl adjacent to an activating group) is 1. The summed E-state index contributed by atoms with van der Waals surface area (Å²) in [5.74, 6) is -0.804. The molecule has 0 aliphatic heterocycles. The zero-order chi connectivity index (χ0) is 55.6. The van der Waals surface area contributed by atoms with E-state index in [4.69, 9.17) is 18.5 Å². The summed E-state index contributed by atoms with van der Waals surface area (Å²) in [5, 5.41) is 0. The molecule has 0 fully saturated rings. The first-order valence-corrected chi connectivity index (χ1v) is 34.2. The molecule has 0 heterocycles. The minimum absolute atomic E-state index is 0.0291. The Balaban J connectivity index is 3.88. The van der Waals surface area contributed by atoms with Gasteiger partial charge in [0.25, 0.3) is 0 Å². The molecule has 0 amide bonds. The quantitative estimate of drug-likeness (QED) is 0.0211. The van der Waals surface area contributed by atoms with Crippen molar-refractivity contribution in [2.75, 3.05) is 47.5 Å². The van der Waals surface area contributed by atoms with Crippen LogP contribution in [0.4, 0.5) is 0 Å². The maximum absolute atomic E-state index is 12.8. The predicted octanol–water partition coefficient (Wildman–Crippen LogP) is 20.7. The first-order valence-electron chi connectivity index (χ1n) is 32.7. The minimum atomic E-state index is -4.39. The average molecular weight is 1090 g/mol. The number of allylic oxidation sites excluding steroid dienone is 6. The van der Waals surface area contributed by atoms with Crippen LogP contribution >= 0.6 is 7.82 Å². The highest BCUT2D eigenvalue weighted by atomic mass is 31.2. The van der Waals surface area contributed by atoms with Crippen LogP contribution < -0.4 is 0 Å². The highest BCUT2D eigenvalue weighted by Gasteiger charge is 2.27. The third kappa shape index (κ3) is 61.4. The lowest BCUT2D eigenvalue weighted by atomic mass is 10.0. The predicted molar refractivity (Wildman–Crippen MR) is 326 cm³/mol. The van der Waals surface area contributed by atoms with Gasteiger partial charge in [0.1, 0.15) is 19.8 Å². The van der Waals surface area contributed by atoms with E-state index in [1.807, 2.05) is 21.1 Å². The van der Waals surface area contributed by atoms with Gasteiger partial charge < -0.3 is 18.9 Å². The number of ether oxygens (including phenoxy) is 2. The van der Waals surface area contributed by atoms with Gasteiger partial charge in [0.2, 0.25) is 0 Å². The Kier molecular flexibility index (Phi) is 56.6. The molecule has 0 aromatic rings. The van der Waals surface area contributed by atoms with Gasteiger partial charge in [-0.2, -0.15) is 0 Å². The topological polar surface area (TPSA) is 108 Å². The summed E-state index contributed by atoms with van der Waals surface area (Å²) < 4.78 is 34.6. The molecular weight excluding hydrogens is 966 g/mol. The fourth-order valence-electron chi connectivity index (χ4n) is 9.68. The first-order chi connectivity index (χ1) is 37.0. The Morgan fingerprint density at radius 3 is 1.12 bits per heavy atom. The summed E-state index contributed by atoms with van der Waals surface area (Å²) in [4.78, 5) is 35.7. The number of phosphoric ester groups is 1. The van der Waals surface area contributed by atoms with E-state index < -0.39 is 26.5 Å². The normalized spacial score (nSPS) is 13.4. The van der Waals surface area contributed by atoms with E-state index in [0.717, 1.165) is 70.6 Å². The van der Waals surface area contributed by atoms with Crippen molar-refractivity contribution in [1.82, 2.24) is 0 Å². The Bertz CT molecular complexity index is 1380. The number of hydrogen-bond donors (Lipinski definition) is 1. The zero-order valence-corrected chi connectivity index (χ0v) is 51.9. The van der Waals surface area contributed by atoms with Gasteiger partial charge >= 0.3 is 19.8 Å². The summed E-state index contributed by atoms with van der Waals surface area (Å²) in [6.07, 6.45) is 72.7. The van der Waals surface area contributed by atoms with Gasteiger partial charge in [-0.05, 0) is 44.9 Å². The molecule has 0 radical (unpaired) electrons. The summed E-state index contributed by atoms with van der Waals surface area (Å²) >= 11 is 0. The van der Waals surface area contributed by atoms with Gasteiger partial charge in [-0.15, -0.1) is 0 Å². The Morgan fingerprint density at radius 1 is 0.421 bits per heavy atom. The third-order valence-electron chi connectivity index (χ3n) is 14.7. The minimum Gasteiger partial charge on any atom is -0.462 e. The van der Waals surface area contributed by atoms with E-state index in [1.54, 1.807) is 0 Å². The lowest BCUT2D eigenvalue weighted by Gasteiger charge is -2.24. The van der Waals surface area contributed by atoms with Crippen molar-refractivity contribution >= 4 is 19.8 Å². The molecule has 9 nitrogen and oxygen atoms in total. The van der Waals surface area contributed by atoms with Gasteiger partial charge in [0.15, 0.2) is 6.10 Å². The number of esters is 2. The molecule has 0 bridgehead atoms. The van der Waals surface area contributed by atoms with Crippen LogP contribution in [0.2, 0.25) is 0 Å². The number of carbonyl (C=O) groups is 2. The molecule has 0 aromatic heterocycles. The van der Waals surface area contributed by atoms with Crippen LogP contribution in [-0.4, -0.2) is 74.9 Å². The van der Waals surface area contributed by atoms with Gasteiger partial charge in [0, 0.05) is 12.8 Å². The smallest absolute Gasteiger partial charge is 0.462 e. The fourth-order valence-corrected chi connectivity index (χ4v) is 10.4. The molecule has 0 saturated heterocycles. The van der Waals surface area contributed by atoms with E-state index in [9.17, 15) is 19.0 Å². The maximum Gasteiger partial charge on any atom is 0.472 e. The van der Waals surface area contributed by atoms with Crippen LogP contribution in [0.5, 0.6) is 0 Å². The number of carbonyl (C=O) groups excluding carboxylic acids is 2. The van der Waals surface area contributed by atoms with E-state index in [1.165, 1.54) is 218 Å². The molecule has 1 N–H and O–H groups in total. The number of hydrogen-bond acceptors (Lipinski definition) is 7. The summed E-state index contributed by atoms with van der Waals surface area (Å²) in [6.45, 7) is 4.34. The SMILES string of the molecule is CC/C=C\C/C=C\C/C=C\CCCCCCCC(=O)OC(COC(=O)CCCCCCCCCCCCCCCCCCCCCCCCCCCCCCCCCCCCCCC)COP(=O)(O)OCC[N+](C)(C)C. The Morgan fingerprint density at radius 2 is 0.750 bits per heavy atom. The van der Waals surface area contributed by atoms with E-state index in [0.29, 0.717) is 17.4 Å². The van der Waals surface area contributed by atoms with Crippen molar-refractivity contribution < 1.29 is 42.1 Å². The molecule has 10 heteroatoms. The molecular formula is C66H127NO8P+. The molecule has 0 spiro atoms. The third-order valence-corrected chi connectivity index (χ3v) is 15.7. The lowest BCUT2D eigenvalue weighted by molar-refractivity contribution is -0.870. The summed E-state index contributed by atoms with van der Waals surface area (Å²) in [5.41, 5.74) is 0. The molecule has 2 atom stereocenters. The highest BCUT2D eigenvalue weighted by molar-refractivity contribution is 7.47. The first kappa shape index (κ1) is 74.2. The largest absolute Gasteiger partial charge is 0.472 e. The molecule has 0 saturated carbocycles. The monoisotopic (exact) mass is 1090 g/mol. The standard InChI is InChI=1S/C66H126NO8P/c1-6-8-10-12-14-16-18-20-22-23-24-25-26-27-28-29-30-31-32-33-34-35-36-37-38-39-40-41-42-43-45-46-48-50-52-54-56-58-65(68)72-62-64(63-74-76(70,71)73-61-60-67(3,4)5)75-66(69)59-57-55-53-51-49-47-44-21-19-17-15-13-11-9-7-2/h9,11,15,17,21,44,64H,6-8,10,12-14,16,18-20,22-43,45-63H2,1-5H3/p+1/b11-9-,17-15-,44-21-. The van der Waals surface area contributed by atoms with Gasteiger partial charge in [-0.25, -0.2) is 4.57 Å². The van der Waals surface area contributed by atoms with Gasteiger partial charge in [-0.1, -0.05) is 301 Å². The average Bonchev–Trinajstić information content (AvgIpc) is 3.38. The van der Waals surface area contributed by atoms with Crippen LogP contribution in [0, 0.1) is 0 Å². The van der Waals surface area contributed by atoms with Crippen molar-refractivity contribution in [3.8, 4) is 0 Å². The summed E-state index contributed by atoms with van der Waals surface area (Å²) in [6, 6.07) is 0. The lowest BCUT2D eigenvalue weighted by Crippen LogP contribution is -2.37. The van der Waals surface area contributed by atoms with E-state index in [-0.39, 0.29) is 32.0 Å². The summed E-state index contributed by atoms with van der Waals surface area (Å²) in [7, 11) is 1.47. The second-order valence-electron chi connectivity index (χ2n) is 23.5. The molecule has 0 aromatic carbocycles.